The number of rotatable bonds is 8. The highest BCUT2D eigenvalue weighted by Gasteiger charge is 2.18. The number of amides is 1. The van der Waals surface area contributed by atoms with Crippen LogP contribution < -0.4 is 14.8 Å². The smallest absolute Gasteiger partial charge is 0.411 e. The monoisotopic (exact) mass is 446 g/mol. The molecule has 0 aliphatic heterocycles. The molecule has 152 valence electrons. The standard InChI is InChI=1S/C18H20Cl2N2O5S/c1-3-26-17-8-7-14(10-16(17)22-18(23)27-4-2)28(24,25)21-11-12-5-6-13(19)9-15(12)20/h5-10,21H,3-4,11H2,1-2H3,(H,22,23). The average molecular weight is 447 g/mol. The van der Waals surface area contributed by atoms with Crippen LogP contribution in [0.2, 0.25) is 10.0 Å². The van der Waals surface area contributed by atoms with Gasteiger partial charge in [-0.15, -0.1) is 0 Å². The van der Waals surface area contributed by atoms with Crippen LogP contribution in [0.5, 0.6) is 5.75 Å². The van der Waals surface area contributed by atoms with E-state index < -0.39 is 16.1 Å². The summed E-state index contributed by atoms with van der Waals surface area (Å²) in [6.45, 7) is 3.94. The van der Waals surface area contributed by atoms with Crippen LogP contribution in [0, 0.1) is 0 Å². The molecule has 0 saturated heterocycles. The zero-order valence-electron chi connectivity index (χ0n) is 15.3. The highest BCUT2D eigenvalue weighted by atomic mass is 35.5. The van der Waals surface area contributed by atoms with E-state index in [0.717, 1.165) is 0 Å². The predicted octanol–water partition coefficient (Wildman–Crippen LogP) is 4.44. The van der Waals surface area contributed by atoms with E-state index in [1.807, 2.05) is 0 Å². The molecule has 2 aromatic carbocycles. The van der Waals surface area contributed by atoms with Gasteiger partial charge in [0.25, 0.3) is 0 Å². The van der Waals surface area contributed by atoms with Crippen LogP contribution in [0.4, 0.5) is 10.5 Å². The lowest BCUT2D eigenvalue weighted by Crippen LogP contribution is -2.24. The Hall–Kier alpha value is -2.00. The van der Waals surface area contributed by atoms with Crippen LogP contribution in [0.3, 0.4) is 0 Å². The molecule has 0 unspecified atom stereocenters. The van der Waals surface area contributed by atoms with Gasteiger partial charge in [0.1, 0.15) is 5.75 Å². The third kappa shape index (κ3) is 6.00. The Morgan fingerprint density at radius 2 is 1.82 bits per heavy atom. The molecule has 0 atom stereocenters. The van der Waals surface area contributed by atoms with Crippen molar-refractivity contribution in [2.75, 3.05) is 18.5 Å². The zero-order chi connectivity index (χ0) is 20.7. The maximum absolute atomic E-state index is 12.7. The first-order chi connectivity index (χ1) is 13.3. The Morgan fingerprint density at radius 1 is 1.07 bits per heavy atom. The number of nitrogens with one attached hydrogen (secondary N) is 2. The maximum Gasteiger partial charge on any atom is 0.411 e. The number of carbonyl (C=O) groups is 1. The van der Waals surface area contributed by atoms with Crippen LogP contribution in [-0.2, 0) is 21.3 Å². The summed E-state index contributed by atoms with van der Waals surface area (Å²) in [5, 5.41) is 3.29. The van der Waals surface area contributed by atoms with Gasteiger partial charge in [-0.25, -0.2) is 17.9 Å². The molecule has 0 heterocycles. The number of ether oxygens (including phenoxy) is 2. The number of sulfonamides is 1. The molecule has 0 saturated carbocycles. The van der Waals surface area contributed by atoms with Crippen LogP contribution in [0.1, 0.15) is 19.4 Å². The van der Waals surface area contributed by atoms with Gasteiger partial charge in [-0.2, -0.15) is 0 Å². The average Bonchev–Trinajstić information content (AvgIpc) is 2.62. The van der Waals surface area contributed by atoms with Crippen molar-refractivity contribution in [3.05, 3.63) is 52.0 Å². The Balaban J connectivity index is 2.24. The van der Waals surface area contributed by atoms with Gasteiger partial charge >= 0.3 is 6.09 Å². The van der Waals surface area contributed by atoms with Gasteiger partial charge in [0.2, 0.25) is 10.0 Å². The van der Waals surface area contributed by atoms with Gasteiger partial charge in [-0.1, -0.05) is 29.3 Å². The van der Waals surface area contributed by atoms with Crippen molar-refractivity contribution in [1.82, 2.24) is 4.72 Å². The first-order valence-corrected chi connectivity index (χ1v) is 10.6. The summed E-state index contributed by atoms with van der Waals surface area (Å²) >= 11 is 11.9. The van der Waals surface area contributed by atoms with E-state index in [9.17, 15) is 13.2 Å². The molecule has 28 heavy (non-hydrogen) atoms. The van der Waals surface area contributed by atoms with E-state index in [-0.39, 0.29) is 23.7 Å². The molecule has 2 N–H and O–H groups in total. The summed E-state index contributed by atoms with van der Waals surface area (Å²) in [6, 6.07) is 8.94. The van der Waals surface area contributed by atoms with E-state index >= 15 is 0 Å². The van der Waals surface area contributed by atoms with E-state index in [2.05, 4.69) is 10.0 Å². The fraction of sp³-hybridized carbons (Fsp3) is 0.278. The highest BCUT2D eigenvalue weighted by molar-refractivity contribution is 7.89. The third-order valence-electron chi connectivity index (χ3n) is 3.54. The molecule has 7 nitrogen and oxygen atoms in total. The van der Waals surface area contributed by atoms with Crippen molar-refractivity contribution in [2.45, 2.75) is 25.3 Å². The minimum absolute atomic E-state index is 0.0216. The van der Waals surface area contributed by atoms with Gasteiger partial charge < -0.3 is 9.47 Å². The van der Waals surface area contributed by atoms with Gasteiger partial charge in [0.15, 0.2) is 0 Å². The second kappa shape index (κ2) is 9.97. The Bertz CT molecular complexity index is 951. The Morgan fingerprint density at radius 3 is 2.46 bits per heavy atom. The predicted molar refractivity (Wildman–Crippen MR) is 109 cm³/mol. The molecular formula is C18H20Cl2N2O5S. The van der Waals surface area contributed by atoms with Gasteiger partial charge in [0.05, 0.1) is 23.8 Å². The molecule has 0 fully saturated rings. The third-order valence-corrected chi connectivity index (χ3v) is 5.53. The number of hydrogen-bond acceptors (Lipinski definition) is 5. The molecule has 0 radical (unpaired) electrons. The van der Waals surface area contributed by atoms with Gasteiger partial charge in [-0.05, 0) is 49.7 Å². The zero-order valence-corrected chi connectivity index (χ0v) is 17.6. The van der Waals surface area contributed by atoms with E-state index in [1.54, 1.807) is 26.0 Å². The number of hydrogen-bond donors (Lipinski definition) is 2. The first-order valence-electron chi connectivity index (χ1n) is 8.41. The molecular weight excluding hydrogens is 427 g/mol. The highest BCUT2D eigenvalue weighted by Crippen LogP contribution is 2.28. The first kappa shape index (κ1) is 22.3. The summed E-state index contributed by atoms with van der Waals surface area (Å²) in [5.41, 5.74) is 0.762. The molecule has 0 spiro atoms. The second-order valence-corrected chi connectivity index (χ2v) is 8.11. The Labute approximate surface area is 174 Å². The normalized spacial score (nSPS) is 11.1. The maximum atomic E-state index is 12.7. The minimum atomic E-state index is -3.88. The fourth-order valence-electron chi connectivity index (χ4n) is 2.25. The molecule has 1 amide bonds. The molecule has 0 aliphatic carbocycles. The van der Waals surface area contributed by atoms with Gasteiger partial charge in [0, 0.05) is 16.6 Å². The van der Waals surface area contributed by atoms with Crippen molar-refractivity contribution in [1.29, 1.82) is 0 Å². The molecule has 0 bridgehead atoms. The van der Waals surface area contributed by atoms with Gasteiger partial charge in [-0.3, -0.25) is 5.32 Å². The number of halogens is 2. The van der Waals surface area contributed by atoms with E-state index in [1.165, 1.54) is 24.3 Å². The van der Waals surface area contributed by atoms with Crippen molar-refractivity contribution in [3.8, 4) is 5.75 Å². The number of benzene rings is 2. The molecule has 2 rings (SSSR count). The molecule has 10 heteroatoms. The number of anilines is 1. The van der Waals surface area contributed by atoms with Crippen molar-refractivity contribution >= 4 is 45.0 Å². The van der Waals surface area contributed by atoms with Crippen molar-refractivity contribution in [2.24, 2.45) is 0 Å². The topological polar surface area (TPSA) is 93.7 Å². The lowest BCUT2D eigenvalue weighted by molar-refractivity contribution is 0.167. The van der Waals surface area contributed by atoms with Crippen molar-refractivity contribution in [3.63, 3.8) is 0 Å². The quantitative estimate of drug-likeness (QED) is 0.624. The largest absolute Gasteiger partial charge is 0.492 e. The summed E-state index contributed by atoms with van der Waals surface area (Å²) in [5.74, 6) is 0.329. The summed E-state index contributed by atoms with van der Waals surface area (Å²) in [4.78, 5) is 11.7. The number of carbonyl (C=O) groups excluding carboxylic acids is 1. The van der Waals surface area contributed by atoms with Crippen LogP contribution in [0.15, 0.2) is 41.3 Å². The second-order valence-electron chi connectivity index (χ2n) is 5.50. The minimum Gasteiger partial charge on any atom is -0.492 e. The van der Waals surface area contributed by atoms with Crippen LogP contribution >= 0.6 is 23.2 Å². The lowest BCUT2D eigenvalue weighted by Gasteiger charge is -2.14. The lowest BCUT2D eigenvalue weighted by atomic mass is 10.2. The molecule has 0 aromatic heterocycles. The molecule has 0 aliphatic rings. The summed E-state index contributed by atoms with van der Waals surface area (Å²) < 4.78 is 38.0. The van der Waals surface area contributed by atoms with E-state index in [4.69, 9.17) is 32.7 Å². The summed E-state index contributed by atoms with van der Waals surface area (Å²) in [6.07, 6.45) is -0.709. The van der Waals surface area contributed by atoms with Crippen LogP contribution in [0.25, 0.3) is 0 Å². The fourth-order valence-corrected chi connectivity index (χ4v) is 3.76. The summed E-state index contributed by atoms with van der Waals surface area (Å²) in [7, 11) is -3.88. The van der Waals surface area contributed by atoms with Crippen molar-refractivity contribution < 1.29 is 22.7 Å². The Kier molecular flexibility index (Phi) is 7.94. The van der Waals surface area contributed by atoms with E-state index in [0.29, 0.717) is 28.0 Å². The molecule has 2 aromatic rings. The SMILES string of the molecule is CCOC(=O)Nc1cc(S(=O)(=O)NCc2ccc(Cl)cc2Cl)ccc1OCC. The van der Waals surface area contributed by atoms with Crippen LogP contribution in [-0.4, -0.2) is 27.7 Å².